The summed E-state index contributed by atoms with van der Waals surface area (Å²) in [6, 6.07) is 9.48. The first-order chi connectivity index (χ1) is 8.53. The van der Waals surface area contributed by atoms with Crippen molar-refractivity contribution < 1.29 is 14.4 Å². The van der Waals surface area contributed by atoms with Crippen molar-refractivity contribution >= 4 is 37.6 Å². The molecule has 7 heteroatoms. The predicted octanol–water partition coefficient (Wildman–Crippen LogP) is 0.536. The molecule has 0 aliphatic rings. The molecule has 0 fully saturated rings. The van der Waals surface area contributed by atoms with Gasteiger partial charge in [0.1, 0.15) is 0 Å². The summed E-state index contributed by atoms with van der Waals surface area (Å²) in [5.41, 5.74) is 3.14. The lowest BCUT2D eigenvalue weighted by Crippen LogP contribution is -2.38. The molecule has 0 radical (unpaired) electrons. The molecule has 18 heavy (non-hydrogen) atoms. The molecule has 0 aliphatic heterocycles. The van der Waals surface area contributed by atoms with Gasteiger partial charge in [-0.1, -0.05) is 30.3 Å². The standard InChI is InChI=1S/C11H14N2O3S2/c14-8-12-7-10(15)13-16-11(17,18)6-9-4-2-1-3-5-9/h1-5,8,17-18H,6-7H2,(H,12,14)(H,13,15). The summed E-state index contributed by atoms with van der Waals surface area (Å²) in [4.78, 5) is 26.2. The van der Waals surface area contributed by atoms with Gasteiger partial charge in [0.05, 0.1) is 6.54 Å². The maximum atomic E-state index is 11.2. The van der Waals surface area contributed by atoms with E-state index in [4.69, 9.17) is 4.84 Å². The third-order valence-corrected chi connectivity index (χ3v) is 2.45. The molecule has 0 heterocycles. The average Bonchev–Trinajstić information content (AvgIpc) is 2.35. The maximum absolute atomic E-state index is 11.2. The molecule has 1 rings (SSSR count). The number of hydroxylamine groups is 1. The van der Waals surface area contributed by atoms with Crippen LogP contribution in [0.2, 0.25) is 0 Å². The lowest BCUT2D eigenvalue weighted by Gasteiger charge is -2.22. The zero-order valence-corrected chi connectivity index (χ0v) is 11.3. The SMILES string of the molecule is O=CNCC(=O)NOC(S)(S)Cc1ccccc1. The average molecular weight is 286 g/mol. The molecule has 98 valence electrons. The first-order valence-corrected chi connectivity index (χ1v) is 6.05. The van der Waals surface area contributed by atoms with Crippen molar-refractivity contribution in [2.75, 3.05) is 6.54 Å². The molecule has 2 amide bonds. The molecule has 2 N–H and O–H groups in total. The second-order valence-electron chi connectivity index (χ2n) is 3.53. The Balaban J connectivity index is 2.40. The van der Waals surface area contributed by atoms with Crippen LogP contribution in [0.3, 0.4) is 0 Å². The Labute approximate surface area is 116 Å². The van der Waals surface area contributed by atoms with Crippen molar-refractivity contribution in [3.8, 4) is 0 Å². The molecule has 0 bridgehead atoms. The Bertz CT molecular complexity index is 399. The summed E-state index contributed by atoms with van der Waals surface area (Å²) >= 11 is 8.40. The van der Waals surface area contributed by atoms with Crippen LogP contribution in [0.4, 0.5) is 0 Å². The summed E-state index contributed by atoms with van der Waals surface area (Å²) in [5, 5.41) is 2.21. The van der Waals surface area contributed by atoms with Crippen LogP contribution in [0.1, 0.15) is 5.56 Å². The van der Waals surface area contributed by atoms with E-state index in [9.17, 15) is 9.59 Å². The Morgan fingerprint density at radius 2 is 2.00 bits per heavy atom. The van der Waals surface area contributed by atoms with Crippen LogP contribution in [-0.2, 0) is 20.8 Å². The van der Waals surface area contributed by atoms with E-state index in [2.05, 4.69) is 36.1 Å². The van der Waals surface area contributed by atoms with E-state index in [0.717, 1.165) is 5.56 Å². The monoisotopic (exact) mass is 286 g/mol. The second-order valence-corrected chi connectivity index (χ2v) is 5.33. The van der Waals surface area contributed by atoms with Gasteiger partial charge in [0.2, 0.25) is 6.41 Å². The predicted molar refractivity (Wildman–Crippen MR) is 74.1 cm³/mol. The molecule has 0 saturated heterocycles. The maximum Gasteiger partial charge on any atom is 0.262 e. The minimum atomic E-state index is -1.13. The number of thiol groups is 2. The number of carbonyl (C=O) groups is 2. The highest BCUT2D eigenvalue weighted by molar-refractivity contribution is 8.00. The van der Waals surface area contributed by atoms with E-state index < -0.39 is 10.2 Å². The molecule has 0 unspecified atom stereocenters. The van der Waals surface area contributed by atoms with Gasteiger partial charge < -0.3 is 5.32 Å². The van der Waals surface area contributed by atoms with Gasteiger partial charge >= 0.3 is 0 Å². The van der Waals surface area contributed by atoms with E-state index in [-0.39, 0.29) is 6.54 Å². The molecule has 0 saturated carbocycles. The van der Waals surface area contributed by atoms with Gasteiger partial charge in [-0.05, 0) is 5.56 Å². The quantitative estimate of drug-likeness (QED) is 0.256. The van der Waals surface area contributed by atoms with Crippen molar-refractivity contribution in [1.82, 2.24) is 10.8 Å². The highest BCUT2D eigenvalue weighted by Crippen LogP contribution is 2.25. The van der Waals surface area contributed by atoms with Crippen LogP contribution in [0.15, 0.2) is 30.3 Å². The molecule has 0 aliphatic carbocycles. The second kappa shape index (κ2) is 7.30. The number of carbonyl (C=O) groups excluding carboxylic acids is 2. The van der Waals surface area contributed by atoms with Crippen molar-refractivity contribution in [3.63, 3.8) is 0 Å². The van der Waals surface area contributed by atoms with Gasteiger partial charge in [-0.2, -0.15) is 0 Å². The first kappa shape index (κ1) is 14.9. The van der Waals surface area contributed by atoms with Gasteiger partial charge in [-0.15, -0.1) is 25.3 Å². The fraction of sp³-hybridized carbons (Fsp3) is 0.273. The van der Waals surface area contributed by atoms with Crippen molar-refractivity contribution in [2.24, 2.45) is 0 Å². The normalized spacial score (nSPS) is 10.8. The lowest BCUT2D eigenvalue weighted by atomic mass is 10.2. The fourth-order valence-corrected chi connectivity index (χ4v) is 1.66. The molecule has 0 atom stereocenters. The number of hydrogen-bond acceptors (Lipinski definition) is 5. The third kappa shape index (κ3) is 5.95. The molecule has 0 aromatic heterocycles. The Hall–Kier alpha value is -1.18. The summed E-state index contributed by atoms with van der Waals surface area (Å²) < 4.78 is -1.13. The Kier molecular flexibility index (Phi) is 6.03. The van der Waals surface area contributed by atoms with Crippen LogP contribution in [0, 0.1) is 0 Å². The third-order valence-electron chi connectivity index (χ3n) is 1.95. The van der Waals surface area contributed by atoms with E-state index in [0.29, 0.717) is 12.8 Å². The van der Waals surface area contributed by atoms with Crippen molar-refractivity contribution in [1.29, 1.82) is 0 Å². The van der Waals surface area contributed by atoms with Crippen molar-refractivity contribution in [3.05, 3.63) is 35.9 Å². The summed E-state index contributed by atoms with van der Waals surface area (Å²) in [6.45, 7) is -0.160. The van der Waals surface area contributed by atoms with Crippen LogP contribution in [0.25, 0.3) is 0 Å². The number of hydrogen-bond donors (Lipinski definition) is 4. The van der Waals surface area contributed by atoms with E-state index in [1.807, 2.05) is 30.3 Å². The smallest absolute Gasteiger partial charge is 0.262 e. The van der Waals surface area contributed by atoms with Gasteiger partial charge in [-0.3, -0.25) is 9.59 Å². The van der Waals surface area contributed by atoms with E-state index in [1.54, 1.807) is 0 Å². The minimum Gasteiger partial charge on any atom is -0.350 e. The van der Waals surface area contributed by atoms with Crippen molar-refractivity contribution in [2.45, 2.75) is 10.7 Å². The summed E-state index contributed by atoms with van der Waals surface area (Å²) in [6.07, 6.45) is 0.833. The Morgan fingerprint density at radius 3 is 2.61 bits per heavy atom. The van der Waals surface area contributed by atoms with Crippen LogP contribution in [0.5, 0.6) is 0 Å². The van der Waals surface area contributed by atoms with Gasteiger partial charge in [0.25, 0.3) is 5.91 Å². The largest absolute Gasteiger partial charge is 0.350 e. The highest BCUT2D eigenvalue weighted by Gasteiger charge is 2.23. The summed E-state index contributed by atoms with van der Waals surface area (Å²) in [5.74, 6) is -0.484. The zero-order chi connectivity index (χ0) is 13.4. The molecule has 5 nitrogen and oxygen atoms in total. The highest BCUT2D eigenvalue weighted by atomic mass is 32.2. The van der Waals surface area contributed by atoms with E-state index >= 15 is 0 Å². The molecule has 1 aromatic rings. The molecular formula is C11H14N2O3S2. The number of rotatable bonds is 7. The van der Waals surface area contributed by atoms with Crippen LogP contribution in [-0.4, -0.2) is 23.1 Å². The minimum absolute atomic E-state index is 0.160. The summed E-state index contributed by atoms with van der Waals surface area (Å²) in [7, 11) is 0. The van der Waals surface area contributed by atoms with Crippen LogP contribution < -0.4 is 10.8 Å². The zero-order valence-electron chi connectivity index (χ0n) is 9.50. The topological polar surface area (TPSA) is 67.4 Å². The molecular weight excluding hydrogens is 272 g/mol. The van der Waals surface area contributed by atoms with E-state index in [1.165, 1.54) is 0 Å². The molecule has 0 spiro atoms. The van der Waals surface area contributed by atoms with Gasteiger partial charge in [0.15, 0.2) is 4.27 Å². The van der Waals surface area contributed by atoms with Crippen LogP contribution >= 0.6 is 25.3 Å². The first-order valence-electron chi connectivity index (χ1n) is 5.16. The number of amides is 2. The molecule has 1 aromatic carbocycles. The number of nitrogens with one attached hydrogen (secondary N) is 2. The van der Waals surface area contributed by atoms with Gasteiger partial charge in [-0.25, -0.2) is 10.3 Å². The number of benzene rings is 1. The lowest BCUT2D eigenvalue weighted by molar-refractivity contribution is -0.135. The Morgan fingerprint density at radius 1 is 1.33 bits per heavy atom. The van der Waals surface area contributed by atoms with Gasteiger partial charge in [0, 0.05) is 6.42 Å². The fourth-order valence-electron chi connectivity index (χ4n) is 1.21.